The van der Waals surface area contributed by atoms with E-state index in [-0.39, 0.29) is 0 Å². The van der Waals surface area contributed by atoms with Gasteiger partial charge < -0.3 is 9.84 Å². The van der Waals surface area contributed by atoms with E-state index in [9.17, 15) is 5.11 Å². The van der Waals surface area contributed by atoms with E-state index in [1.807, 2.05) is 12.1 Å². The molecule has 1 aliphatic heterocycles. The number of β-amino-alcohol motifs (C(OH)–C–C–N with tert-alkyl or cyclic N) is 1. The summed E-state index contributed by atoms with van der Waals surface area (Å²) in [4.78, 5) is 4.83. The lowest BCUT2D eigenvalue weighted by Gasteiger charge is -2.39. The first-order chi connectivity index (χ1) is 13.3. The number of hydrogen-bond donors (Lipinski definition) is 1. The van der Waals surface area contributed by atoms with Crippen LogP contribution in [0, 0.1) is 11.3 Å². The average molecular weight is 409 g/mol. The van der Waals surface area contributed by atoms with Gasteiger partial charge in [0.15, 0.2) is 0 Å². The number of halogens is 1. The van der Waals surface area contributed by atoms with Crippen molar-refractivity contribution >= 4 is 11.6 Å². The summed E-state index contributed by atoms with van der Waals surface area (Å²) in [7, 11) is 0. The van der Waals surface area contributed by atoms with E-state index >= 15 is 0 Å². The topological polar surface area (TPSA) is 35.9 Å². The summed E-state index contributed by atoms with van der Waals surface area (Å²) in [6, 6.07) is 8.11. The van der Waals surface area contributed by atoms with Gasteiger partial charge in [-0.05, 0) is 48.3 Å². The highest BCUT2D eigenvalue weighted by atomic mass is 35.5. The van der Waals surface area contributed by atoms with Crippen LogP contribution >= 0.6 is 11.6 Å². The number of nitrogens with zero attached hydrogens (tertiary/aromatic N) is 2. The molecule has 1 N–H and O–H groups in total. The van der Waals surface area contributed by atoms with Crippen LogP contribution < -0.4 is 0 Å². The summed E-state index contributed by atoms with van der Waals surface area (Å²) in [5, 5.41) is 11.3. The van der Waals surface area contributed by atoms with E-state index in [4.69, 9.17) is 16.3 Å². The van der Waals surface area contributed by atoms with Gasteiger partial charge in [-0.1, -0.05) is 44.5 Å². The fourth-order valence-corrected chi connectivity index (χ4v) is 5.09. The number of ether oxygens (including phenoxy) is 1. The molecule has 1 saturated heterocycles. The van der Waals surface area contributed by atoms with Crippen LogP contribution in [0.15, 0.2) is 24.3 Å². The first-order valence-electron chi connectivity index (χ1n) is 10.8. The summed E-state index contributed by atoms with van der Waals surface area (Å²) in [6.07, 6.45) is 3.40. The second-order valence-electron chi connectivity index (χ2n) is 9.73. The van der Waals surface area contributed by atoms with Gasteiger partial charge in [0.05, 0.1) is 18.8 Å². The zero-order chi connectivity index (χ0) is 20.1. The van der Waals surface area contributed by atoms with Crippen LogP contribution in [0.25, 0.3) is 0 Å². The van der Waals surface area contributed by atoms with Crippen LogP contribution in [-0.4, -0.2) is 66.4 Å². The van der Waals surface area contributed by atoms with Gasteiger partial charge in [0.1, 0.15) is 0 Å². The zero-order valence-electron chi connectivity index (χ0n) is 17.7. The molecule has 1 aliphatic carbocycles. The van der Waals surface area contributed by atoms with Crippen molar-refractivity contribution in [2.75, 3.05) is 39.3 Å². The van der Waals surface area contributed by atoms with Crippen molar-refractivity contribution in [3.8, 4) is 0 Å². The highest BCUT2D eigenvalue weighted by molar-refractivity contribution is 6.30. The van der Waals surface area contributed by atoms with Gasteiger partial charge in [-0.15, -0.1) is 0 Å². The Balaban J connectivity index is 1.34. The van der Waals surface area contributed by atoms with Crippen LogP contribution in [0.1, 0.15) is 45.6 Å². The molecule has 0 unspecified atom stereocenters. The predicted octanol–water partition coefficient (Wildman–Crippen LogP) is 4.05. The number of rotatable bonds is 7. The highest BCUT2D eigenvalue weighted by Crippen LogP contribution is 2.39. The van der Waals surface area contributed by atoms with E-state index in [1.165, 1.54) is 12.0 Å². The molecule has 3 rings (SSSR count). The molecule has 0 spiro atoms. The van der Waals surface area contributed by atoms with Crippen LogP contribution in [0.2, 0.25) is 5.02 Å². The molecule has 0 bridgehead atoms. The quantitative estimate of drug-likeness (QED) is 0.738. The molecule has 0 amide bonds. The molecule has 0 aromatic heterocycles. The van der Waals surface area contributed by atoms with Crippen molar-refractivity contribution < 1.29 is 9.84 Å². The molecule has 2 fully saturated rings. The van der Waals surface area contributed by atoms with Crippen molar-refractivity contribution in [2.45, 2.75) is 58.8 Å². The molecule has 28 heavy (non-hydrogen) atoms. The van der Waals surface area contributed by atoms with Gasteiger partial charge in [0, 0.05) is 44.3 Å². The van der Waals surface area contributed by atoms with Crippen molar-refractivity contribution in [1.82, 2.24) is 9.80 Å². The molecule has 5 heteroatoms. The Morgan fingerprint density at radius 2 is 1.75 bits per heavy atom. The second-order valence-corrected chi connectivity index (χ2v) is 10.2. The number of aliphatic hydroxyl groups is 1. The van der Waals surface area contributed by atoms with Crippen molar-refractivity contribution in [1.29, 1.82) is 0 Å². The minimum absolute atomic E-state index is 0.296. The Kier molecular flexibility index (Phi) is 7.80. The molecule has 1 aromatic carbocycles. The standard InChI is InChI=1S/C23H37ClN2O2/c1-18-12-22(14-23(2,3)13-18)28-17-21(27)16-26-10-8-25(9-11-26)15-19-4-6-20(24)7-5-19/h4-7,18,21-22,27H,8-17H2,1-3H3/t18-,21+,22+/m0/s1. The number of aliphatic hydroxyl groups excluding tert-OH is 1. The molecule has 158 valence electrons. The molecular weight excluding hydrogens is 372 g/mol. The van der Waals surface area contributed by atoms with Gasteiger partial charge in [-0.3, -0.25) is 9.80 Å². The lowest BCUT2D eigenvalue weighted by Crippen LogP contribution is -2.48. The molecule has 1 heterocycles. The van der Waals surface area contributed by atoms with Gasteiger partial charge in [-0.25, -0.2) is 0 Å². The van der Waals surface area contributed by atoms with Gasteiger partial charge in [0.2, 0.25) is 0 Å². The van der Waals surface area contributed by atoms with Gasteiger partial charge in [-0.2, -0.15) is 0 Å². The minimum Gasteiger partial charge on any atom is -0.389 e. The Labute approximate surface area is 175 Å². The predicted molar refractivity (Wildman–Crippen MR) is 116 cm³/mol. The molecule has 4 nitrogen and oxygen atoms in total. The van der Waals surface area contributed by atoms with E-state index in [2.05, 4.69) is 42.7 Å². The largest absolute Gasteiger partial charge is 0.389 e. The fraction of sp³-hybridized carbons (Fsp3) is 0.739. The molecular formula is C23H37ClN2O2. The van der Waals surface area contributed by atoms with E-state index < -0.39 is 6.10 Å². The monoisotopic (exact) mass is 408 g/mol. The Morgan fingerprint density at radius 3 is 2.39 bits per heavy atom. The average Bonchev–Trinajstić information content (AvgIpc) is 2.62. The molecule has 1 saturated carbocycles. The summed E-state index contributed by atoms with van der Waals surface area (Å²) >= 11 is 5.96. The number of piperazine rings is 1. The van der Waals surface area contributed by atoms with Gasteiger partial charge >= 0.3 is 0 Å². The summed E-state index contributed by atoms with van der Waals surface area (Å²) in [5.41, 5.74) is 1.66. The summed E-state index contributed by atoms with van der Waals surface area (Å²) in [6.45, 7) is 13.2. The summed E-state index contributed by atoms with van der Waals surface area (Å²) in [5.74, 6) is 0.708. The van der Waals surface area contributed by atoms with E-state index in [0.29, 0.717) is 30.6 Å². The third-order valence-electron chi connectivity index (χ3n) is 6.12. The lowest BCUT2D eigenvalue weighted by atomic mass is 9.71. The van der Waals surface area contributed by atoms with Crippen molar-refractivity contribution in [3.05, 3.63) is 34.9 Å². The van der Waals surface area contributed by atoms with E-state index in [0.717, 1.165) is 50.6 Å². The van der Waals surface area contributed by atoms with Crippen LogP contribution in [0.4, 0.5) is 0 Å². The highest BCUT2D eigenvalue weighted by Gasteiger charge is 2.32. The smallest absolute Gasteiger partial charge is 0.0900 e. The summed E-state index contributed by atoms with van der Waals surface area (Å²) < 4.78 is 6.10. The Bertz CT molecular complexity index is 599. The fourth-order valence-electron chi connectivity index (χ4n) is 4.96. The maximum Gasteiger partial charge on any atom is 0.0900 e. The molecule has 1 aromatic rings. The van der Waals surface area contributed by atoms with Crippen LogP contribution in [0.3, 0.4) is 0 Å². The van der Waals surface area contributed by atoms with Crippen LogP contribution in [-0.2, 0) is 11.3 Å². The second kappa shape index (κ2) is 9.90. The Morgan fingerprint density at radius 1 is 1.11 bits per heavy atom. The molecule has 2 aliphatic rings. The lowest BCUT2D eigenvalue weighted by molar-refractivity contribution is -0.0634. The number of hydrogen-bond acceptors (Lipinski definition) is 4. The Hall–Kier alpha value is -0.650. The normalized spacial score (nSPS) is 27.6. The maximum atomic E-state index is 10.5. The van der Waals surface area contributed by atoms with Gasteiger partial charge in [0.25, 0.3) is 0 Å². The molecule has 0 radical (unpaired) electrons. The first kappa shape index (κ1) is 22.0. The van der Waals surface area contributed by atoms with Crippen molar-refractivity contribution in [2.24, 2.45) is 11.3 Å². The minimum atomic E-state index is -0.400. The van der Waals surface area contributed by atoms with E-state index in [1.54, 1.807) is 0 Å². The third-order valence-corrected chi connectivity index (χ3v) is 6.38. The first-order valence-corrected chi connectivity index (χ1v) is 11.2. The maximum absolute atomic E-state index is 10.5. The SMILES string of the molecule is C[C@H]1C[C@@H](OC[C@H](O)CN2CCN(Cc3ccc(Cl)cc3)CC2)CC(C)(C)C1. The third kappa shape index (κ3) is 7.00. The number of benzene rings is 1. The zero-order valence-corrected chi connectivity index (χ0v) is 18.5. The van der Waals surface area contributed by atoms with Crippen molar-refractivity contribution in [3.63, 3.8) is 0 Å². The molecule has 3 atom stereocenters. The van der Waals surface area contributed by atoms with Crippen LogP contribution in [0.5, 0.6) is 0 Å².